The number of halogens is 2. The summed E-state index contributed by atoms with van der Waals surface area (Å²) in [4.78, 5) is 14.6. The maximum atomic E-state index is 12.3. The molecule has 5 nitrogen and oxygen atoms in total. The quantitative estimate of drug-likeness (QED) is 0.709. The largest absolute Gasteiger partial charge is 0.434 e. The Morgan fingerprint density at radius 1 is 1.45 bits per heavy atom. The second-order valence-corrected chi connectivity index (χ2v) is 4.11. The lowest BCUT2D eigenvalue weighted by Gasteiger charge is -2.04. The Balaban J connectivity index is 2.22. The van der Waals surface area contributed by atoms with Crippen LogP contribution in [0.2, 0.25) is 0 Å². The summed E-state index contributed by atoms with van der Waals surface area (Å²) < 4.78 is 29.0. The van der Waals surface area contributed by atoms with Crippen LogP contribution < -0.4 is 10.1 Å². The molecule has 1 amide bonds. The standard InChI is InChI=1S/C13H14F2N2O3/c14-13(15)20-11-4-1-3-9-8(11)7-10(17-9)12(19)16-5-2-6-18/h1,3-4,7,13,17-18H,2,5-6H2,(H,16,19). The fourth-order valence-electron chi connectivity index (χ4n) is 1.82. The Kier molecular flexibility index (Phi) is 4.52. The van der Waals surface area contributed by atoms with Crippen LogP contribution in [0.5, 0.6) is 5.75 Å². The number of benzene rings is 1. The average Bonchev–Trinajstić information content (AvgIpc) is 2.83. The number of hydrogen-bond acceptors (Lipinski definition) is 3. The molecule has 7 heteroatoms. The van der Waals surface area contributed by atoms with E-state index in [0.717, 1.165) is 0 Å². The second-order valence-electron chi connectivity index (χ2n) is 4.11. The second kappa shape index (κ2) is 6.33. The van der Waals surface area contributed by atoms with Gasteiger partial charge in [-0.1, -0.05) is 6.07 Å². The molecule has 1 aromatic heterocycles. The van der Waals surface area contributed by atoms with Gasteiger partial charge in [-0.05, 0) is 24.6 Å². The molecule has 20 heavy (non-hydrogen) atoms. The molecule has 0 unspecified atom stereocenters. The SMILES string of the molecule is O=C(NCCCO)c1cc2c(OC(F)F)cccc2[nH]1. The van der Waals surface area contributed by atoms with Gasteiger partial charge in [-0.15, -0.1) is 0 Å². The minimum Gasteiger partial charge on any atom is -0.434 e. The molecular formula is C13H14F2N2O3. The van der Waals surface area contributed by atoms with Crippen molar-refractivity contribution < 1.29 is 23.4 Å². The van der Waals surface area contributed by atoms with E-state index in [1.807, 2.05) is 0 Å². The zero-order valence-corrected chi connectivity index (χ0v) is 10.5. The number of aromatic amines is 1. The molecule has 0 atom stereocenters. The summed E-state index contributed by atoms with van der Waals surface area (Å²) in [5, 5.41) is 11.7. The van der Waals surface area contributed by atoms with Gasteiger partial charge < -0.3 is 20.1 Å². The zero-order chi connectivity index (χ0) is 14.5. The summed E-state index contributed by atoms with van der Waals surface area (Å²) in [5.74, 6) is -0.346. The van der Waals surface area contributed by atoms with Gasteiger partial charge >= 0.3 is 6.61 Å². The lowest BCUT2D eigenvalue weighted by atomic mass is 10.2. The summed E-state index contributed by atoms with van der Waals surface area (Å²) >= 11 is 0. The van der Waals surface area contributed by atoms with E-state index in [1.54, 1.807) is 12.1 Å². The Morgan fingerprint density at radius 2 is 2.25 bits per heavy atom. The van der Waals surface area contributed by atoms with Crippen molar-refractivity contribution in [3.8, 4) is 5.75 Å². The first kappa shape index (κ1) is 14.3. The number of H-pyrrole nitrogens is 1. The molecule has 0 aliphatic carbocycles. The number of aliphatic hydroxyl groups is 1. The fraction of sp³-hybridized carbons (Fsp3) is 0.308. The molecule has 1 heterocycles. The number of aromatic nitrogens is 1. The van der Waals surface area contributed by atoms with Gasteiger partial charge in [0.1, 0.15) is 11.4 Å². The first-order chi connectivity index (χ1) is 9.61. The van der Waals surface area contributed by atoms with Crippen molar-refractivity contribution in [2.45, 2.75) is 13.0 Å². The summed E-state index contributed by atoms with van der Waals surface area (Å²) in [7, 11) is 0. The van der Waals surface area contributed by atoms with E-state index in [4.69, 9.17) is 5.11 Å². The van der Waals surface area contributed by atoms with E-state index in [1.165, 1.54) is 12.1 Å². The van der Waals surface area contributed by atoms with E-state index in [0.29, 0.717) is 23.9 Å². The monoisotopic (exact) mass is 284 g/mol. The van der Waals surface area contributed by atoms with Gasteiger partial charge in [-0.3, -0.25) is 4.79 Å². The maximum Gasteiger partial charge on any atom is 0.387 e. The predicted molar refractivity (Wildman–Crippen MR) is 69.0 cm³/mol. The molecule has 0 bridgehead atoms. The van der Waals surface area contributed by atoms with Crippen molar-refractivity contribution in [1.82, 2.24) is 10.3 Å². The van der Waals surface area contributed by atoms with Crippen LogP contribution in [0.3, 0.4) is 0 Å². The van der Waals surface area contributed by atoms with Crippen LogP contribution in [0.1, 0.15) is 16.9 Å². The van der Waals surface area contributed by atoms with Crippen molar-refractivity contribution >= 4 is 16.8 Å². The van der Waals surface area contributed by atoms with Crippen molar-refractivity contribution in [2.24, 2.45) is 0 Å². The normalized spacial score (nSPS) is 11.0. The average molecular weight is 284 g/mol. The summed E-state index contributed by atoms with van der Waals surface area (Å²) in [6.45, 7) is -2.60. The van der Waals surface area contributed by atoms with Crippen LogP contribution in [-0.4, -0.2) is 35.8 Å². The van der Waals surface area contributed by atoms with Gasteiger partial charge in [0.15, 0.2) is 0 Å². The van der Waals surface area contributed by atoms with Crippen LogP contribution in [0.15, 0.2) is 24.3 Å². The van der Waals surface area contributed by atoms with E-state index < -0.39 is 6.61 Å². The number of carbonyl (C=O) groups is 1. The maximum absolute atomic E-state index is 12.3. The lowest BCUT2D eigenvalue weighted by molar-refractivity contribution is -0.0487. The molecule has 1 aromatic carbocycles. The smallest absolute Gasteiger partial charge is 0.387 e. The Labute approximate surface area is 113 Å². The van der Waals surface area contributed by atoms with E-state index in [2.05, 4.69) is 15.0 Å². The lowest BCUT2D eigenvalue weighted by Crippen LogP contribution is -2.25. The Morgan fingerprint density at radius 3 is 2.95 bits per heavy atom. The number of hydrogen-bond donors (Lipinski definition) is 3. The molecule has 2 rings (SSSR count). The van der Waals surface area contributed by atoms with Gasteiger partial charge in [0.05, 0.1) is 0 Å². The molecule has 0 radical (unpaired) electrons. The highest BCUT2D eigenvalue weighted by atomic mass is 19.3. The van der Waals surface area contributed by atoms with Crippen LogP contribution in [-0.2, 0) is 0 Å². The third-order valence-electron chi connectivity index (χ3n) is 2.71. The van der Waals surface area contributed by atoms with Crippen LogP contribution >= 0.6 is 0 Å². The number of nitrogens with one attached hydrogen (secondary N) is 2. The van der Waals surface area contributed by atoms with Crippen LogP contribution in [0.25, 0.3) is 10.9 Å². The Hall–Kier alpha value is -2.15. The number of aliphatic hydroxyl groups excluding tert-OH is 1. The highest BCUT2D eigenvalue weighted by Gasteiger charge is 2.13. The van der Waals surface area contributed by atoms with E-state index >= 15 is 0 Å². The Bertz CT molecular complexity index is 598. The third-order valence-corrected chi connectivity index (χ3v) is 2.71. The zero-order valence-electron chi connectivity index (χ0n) is 10.5. The molecule has 108 valence electrons. The van der Waals surface area contributed by atoms with Gasteiger partial charge in [-0.2, -0.15) is 8.78 Å². The number of amides is 1. The molecule has 0 spiro atoms. The molecule has 2 aromatic rings. The van der Waals surface area contributed by atoms with Gasteiger partial charge in [-0.25, -0.2) is 0 Å². The van der Waals surface area contributed by atoms with Crippen LogP contribution in [0.4, 0.5) is 8.78 Å². The van der Waals surface area contributed by atoms with Crippen molar-refractivity contribution in [1.29, 1.82) is 0 Å². The van der Waals surface area contributed by atoms with Crippen LogP contribution in [0, 0.1) is 0 Å². The first-order valence-corrected chi connectivity index (χ1v) is 6.07. The van der Waals surface area contributed by atoms with Crippen molar-refractivity contribution in [3.05, 3.63) is 30.0 Å². The highest BCUT2D eigenvalue weighted by molar-refractivity contribution is 5.99. The van der Waals surface area contributed by atoms with Gasteiger partial charge in [0.25, 0.3) is 5.91 Å². The molecule has 0 fully saturated rings. The summed E-state index contributed by atoms with van der Waals surface area (Å²) in [6.07, 6.45) is 0.450. The molecule has 3 N–H and O–H groups in total. The minimum atomic E-state index is -2.92. The fourth-order valence-corrected chi connectivity index (χ4v) is 1.82. The molecule has 0 aliphatic rings. The number of alkyl halides is 2. The number of rotatable bonds is 6. The molecular weight excluding hydrogens is 270 g/mol. The van der Waals surface area contributed by atoms with Gasteiger partial charge in [0, 0.05) is 24.1 Å². The minimum absolute atomic E-state index is 0.0145. The van der Waals surface area contributed by atoms with Crippen molar-refractivity contribution in [3.63, 3.8) is 0 Å². The van der Waals surface area contributed by atoms with Gasteiger partial charge in [0.2, 0.25) is 0 Å². The highest BCUT2D eigenvalue weighted by Crippen LogP contribution is 2.27. The predicted octanol–water partition coefficient (Wildman–Crippen LogP) is 1.88. The first-order valence-electron chi connectivity index (χ1n) is 6.07. The summed E-state index contributed by atoms with van der Waals surface area (Å²) in [5.41, 5.74) is 0.790. The number of fused-ring (bicyclic) bond motifs is 1. The topological polar surface area (TPSA) is 74.3 Å². The van der Waals surface area contributed by atoms with E-state index in [-0.39, 0.29) is 24.0 Å². The van der Waals surface area contributed by atoms with Crippen molar-refractivity contribution in [2.75, 3.05) is 13.2 Å². The molecule has 0 saturated heterocycles. The number of carbonyl (C=O) groups excluding carboxylic acids is 1. The number of ether oxygens (including phenoxy) is 1. The molecule has 0 saturated carbocycles. The third kappa shape index (κ3) is 3.24. The van der Waals surface area contributed by atoms with E-state index in [9.17, 15) is 13.6 Å². The molecule has 0 aliphatic heterocycles. The summed E-state index contributed by atoms with van der Waals surface area (Å²) in [6, 6.07) is 6.10.